The van der Waals surface area contributed by atoms with Gasteiger partial charge in [0.05, 0.1) is 7.11 Å². The number of carbonyl (C=O) groups excluding carboxylic acids is 2. The van der Waals surface area contributed by atoms with Crippen molar-refractivity contribution < 1.29 is 23.5 Å². The van der Waals surface area contributed by atoms with Gasteiger partial charge in [-0.15, -0.1) is 0 Å². The number of hydrogen-bond acceptors (Lipinski definition) is 5. The predicted molar refractivity (Wildman–Crippen MR) is 69.7 cm³/mol. The summed E-state index contributed by atoms with van der Waals surface area (Å²) in [5, 5.41) is 0. The topological polar surface area (TPSA) is 65.7 Å². The molecule has 5 nitrogen and oxygen atoms in total. The molecule has 0 unspecified atom stereocenters. The molecule has 0 spiro atoms. The zero-order chi connectivity index (χ0) is 13.8. The summed E-state index contributed by atoms with van der Waals surface area (Å²) < 4.78 is 15.9. The second-order valence-corrected chi connectivity index (χ2v) is 4.42. The zero-order valence-corrected chi connectivity index (χ0v) is 11.5. The van der Waals surface area contributed by atoms with Gasteiger partial charge in [0.2, 0.25) is 0 Å². The maximum absolute atomic E-state index is 11.6. The van der Waals surface area contributed by atoms with Gasteiger partial charge in [-0.3, -0.25) is 4.79 Å². The van der Waals surface area contributed by atoms with Gasteiger partial charge in [-0.1, -0.05) is 15.9 Å². The Balaban J connectivity index is 2.33. The van der Waals surface area contributed by atoms with E-state index in [1.165, 1.54) is 19.2 Å². The van der Waals surface area contributed by atoms with Gasteiger partial charge in [0.15, 0.2) is 12.0 Å². The number of benzene rings is 1. The van der Waals surface area contributed by atoms with Crippen molar-refractivity contribution in [2.24, 2.45) is 0 Å². The minimum Gasteiger partial charge on any atom is -0.465 e. The lowest BCUT2D eigenvalue weighted by molar-refractivity contribution is 0.0597. The van der Waals surface area contributed by atoms with Crippen LogP contribution in [0.4, 0.5) is 0 Å². The number of hydrogen-bond donors (Lipinski definition) is 0. The summed E-state index contributed by atoms with van der Waals surface area (Å²) in [6.45, 7) is 0. The van der Waals surface area contributed by atoms with E-state index in [-0.39, 0.29) is 23.0 Å². The van der Waals surface area contributed by atoms with Crippen LogP contribution >= 0.6 is 15.9 Å². The average Bonchev–Trinajstić information content (AvgIpc) is 2.87. The second kappa shape index (κ2) is 5.71. The van der Waals surface area contributed by atoms with Crippen molar-refractivity contribution in [3.63, 3.8) is 0 Å². The van der Waals surface area contributed by atoms with E-state index >= 15 is 0 Å². The molecule has 0 aliphatic rings. The number of rotatable bonds is 4. The maximum Gasteiger partial charge on any atom is 0.341 e. The third-order valence-electron chi connectivity index (χ3n) is 2.28. The maximum atomic E-state index is 11.6. The molecule has 0 amide bonds. The highest BCUT2D eigenvalue weighted by Gasteiger charge is 2.15. The van der Waals surface area contributed by atoms with Crippen LogP contribution in [-0.2, 0) is 4.74 Å². The summed E-state index contributed by atoms with van der Waals surface area (Å²) in [5.74, 6) is 0.0154. The van der Waals surface area contributed by atoms with Crippen molar-refractivity contribution in [2.75, 3.05) is 7.11 Å². The Hall–Kier alpha value is -2.08. The third kappa shape index (κ3) is 3.03. The van der Waals surface area contributed by atoms with Gasteiger partial charge >= 0.3 is 5.97 Å². The standard InChI is InChI=1S/C13H9BrO5/c1-17-13(16)10-6-8(14)2-4-11(10)19-12-5-3-9(7-15)18-12/h2-7H,1H3. The fourth-order valence-corrected chi connectivity index (χ4v) is 1.78. The molecular weight excluding hydrogens is 316 g/mol. The summed E-state index contributed by atoms with van der Waals surface area (Å²) in [6, 6.07) is 7.85. The molecule has 0 aliphatic carbocycles. The van der Waals surface area contributed by atoms with Crippen LogP contribution in [0.1, 0.15) is 20.9 Å². The molecule has 0 radical (unpaired) electrons. The number of aldehydes is 1. The summed E-state index contributed by atoms with van der Waals surface area (Å²) in [4.78, 5) is 22.1. The van der Waals surface area contributed by atoms with E-state index in [2.05, 4.69) is 20.7 Å². The molecule has 2 rings (SSSR count). The third-order valence-corrected chi connectivity index (χ3v) is 2.77. The number of carbonyl (C=O) groups is 2. The summed E-state index contributed by atoms with van der Waals surface area (Å²) in [5.41, 5.74) is 0.251. The molecule has 1 aromatic heterocycles. The van der Waals surface area contributed by atoms with Crippen LogP contribution in [0.15, 0.2) is 39.2 Å². The Kier molecular flexibility index (Phi) is 4.01. The van der Waals surface area contributed by atoms with E-state index in [9.17, 15) is 9.59 Å². The quantitative estimate of drug-likeness (QED) is 0.636. The van der Waals surface area contributed by atoms with Crippen molar-refractivity contribution in [3.8, 4) is 11.7 Å². The van der Waals surface area contributed by atoms with Crippen LogP contribution in [0.3, 0.4) is 0 Å². The first-order chi connectivity index (χ1) is 9.13. The second-order valence-electron chi connectivity index (χ2n) is 3.51. The van der Waals surface area contributed by atoms with Gasteiger partial charge in [0, 0.05) is 10.5 Å². The molecule has 0 N–H and O–H groups in total. The highest BCUT2D eigenvalue weighted by atomic mass is 79.9. The van der Waals surface area contributed by atoms with Crippen molar-refractivity contribution in [2.45, 2.75) is 0 Å². The highest BCUT2D eigenvalue weighted by Crippen LogP contribution is 2.29. The molecule has 0 bridgehead atoms. The van der Waals surface area contributed by atoms with Gasteiger partial charge in [-0.2, -0.15) is 0 Å². The van der Waals surface area contributed by atoms with Gasteiger partial charge in [-0.25, -0.2) is 4.79 Å². The molecule has 0 saturated carbocycles. The Bertz CT molecular complexity index is 617. The lowest BCUT2D eigenvalue weighted by Crippen LogP contribution is -2.03. The number of halogens is 1. The molecule has 0 atom stereocenters. The minimum atomic E-state index is -0.529. The summed E-state index contributed by atoms with van der Waals surface area (Å²) in [7, 11) is 1.28. The molecule has 2 aromatic rings. The van der Waals surface area contributed by atoms with Crippen LogP contribution in [-0.4, -0.2) is 19.4 Å². The lowest BCUT2D eigenvalue weighted by atomic mass is 10.2. The monoisotopic (exact) mass is 324 g/mol. The molecule has 0 saturated heterocycles. The van der Waals surface area contributed by atoms with E-state index in [0.717, 1.165) is 0 Å². The molecule has 0 fully saturated rings. The van der Waals surface area contributed by atoms with Crippen molar-refractivity contribution in [1.82, 2.24) is 0 Å². The summed E-state index contributed by atoms with van der Waals surface area (Å²) in [6.07, 6.45) is 0.565. The Labute approximate surface area is 117 Å². The first-order valence-electron chi connectivity index (χ1n) is 5.25. The Morgan fingerprint density at radius 2 is 2.11 bits per heavy atom. The molecule has 6 heteroatoms. The van der Waals surface area contributed by atoms with E-state index < -0.39 is 5.97 Å². The molecule has 1 heterocycles. The number of furan rings is 1. The number of esters is 1. The van der Waals surface area contributed by atoms with Gasteiger partial charge < -0.3 is 13.9 Å². The van der Waals surface area contributed by atoms with E-state index in [1.807, 2.05) is 0 Å². The normalized spacial score (nSPS) is 10.0. The van der Waals surface area contributed by atoms with E-state index in [1.54, 1.807) is 18.2 Å². The number of methoxy groups -OCH3 is 1. The minimum absolute atomic E-state index is 0.120. The van der Waals surface area contributed by atoms with Crippen LogP contribution in [0, 0.1) is 0 Å². The fourth-order valence-electron chi connectivity index (χ4n) is 1.42. The molecule has 98 valence electrons. The van der Waals surface area contributed by atoms with Crippen LogP contribution < -0.4 is 4.74 Å². The first kappa shape index (κ1) is 13.4. The van der Waals surface area contributed by atoms with Crippen LogP contribution in [0.2, 0.25) is 0 Å². The van der Waals surface area contributed by atoms with Gasteiger partial charge in [0.1, 0.15) is 11.3 Å². The lowest BCUT2D eigenvalue weighted by Gasteiger charge is -2.08. The highest BCUT2D eigenvalue weighted by molar-refractivity contribution is 9.10. The fraction of sp³-hybridized carbons (Fsp3) is 0.0769. The molecular formula is C13H9BrO5. The average molecular weight is 325 g/mol. The van der Waals surface area contributed by atoms with Gasteiger partial charge in [0.25, 0.3) is 5.95 Å². The Morgan fingerprint density at radius 1 is 1.32 bits per heavy atom. The van der Waals surface area contributed by atoms with Crippen LogP contribution in [0.5, 0.6) is 11.7 Å². The van der Waals surface area contributed by atoms with Crippen molar-refractivity contribution in [3.05, 3.63) is 46.1 Å². The van der Waals surface area contributed by atoms with E-state index in [4.69, 9.17) is 9.15 Å². The molecule has 1 aromatic carbocycles. The molecule has 19 heavy (non-hydrogen) atoms. The van der Waals surface area contributed by atoms with Gasteiger partial charge in [-0.05, 0) is 24.3 Å². The van der Waals surface area contributed by atoms with Crippen molar-refractivity contribution >= 4 is 28.2 Å². The zero-order valence-electron chi connectivity index (χ0n) is 9.88. The predicted octanol–water partition coefficient (Wildman–Crippen LogP) is 3.43. The molecule has 0 aliphatic heterocycles. The van der Waals surface area contributed by atoms with Crippen molar-refractivity contribution in [1.29, 1.82) is 0 Å². The van der Waals surface area contributed by atoms with Crippen LogP contribution in [0.25, 0.3) is 0 Å². The smallest absolute Gasteiger partial charge is 0.341 e. The first-order valence-corrected chi connectivity index (χ1v) is 6.04. The SMILES string of the molecule is COC(=O)c1cc(Br)ccc1Oc1ccc(C=O)o1. The van der Waals surface area contributed by atoms with E-state index in [0.29, 0.717) is 10.8 Å². The largest absolute Gasteiger partial charge is 0.465 e. The Morgan fingerprint density at radius 3 is 2.74 bits per heavy atom. The number of ether oxygens (including phenoxy) is 2. The summed E-state index contributed by atoms with van der Waals surface area (Å²) >= 11 is 3.26.